The van der Waals surface area contributed by atoms with Gasteiger partial charge in [-0.2, -0.15) is 13.8 Å². The average molecular weight is 405 g/mol. The Kier molecular flexibility index (Phi) is 7.76. The number of piperidine rings is 1. The molecule has 1 aromatic heterocycles. The van der Waals surface area contributed by atoms with E-state index >= 15 is 0 Å². The zero-order valence-corrected chi connectivity index (χ0v) is 16.0. The number of likely N-dealkylation sites (tertiary alicyclic amines) is 1. The number of hydrogen-bond donors (Lipinski definition) is 1. The molecular formula is C17H23ClF2N4O3. The number of hydrogen-bond acceptors (Lipinski definition) is 7. The number of rotatable bonds is 7. The maximum Gasteiger partial charge on any atom is 0.387 e. The van der Waals surface area contributed by atoms with Crippen molar-refractivity contribution in [1.29, 1.82) is 0 Å². The molecule has 3 rings (SSSR count). The summed E-state index contributed by atoms with van der Waals surface area (Å²) in [6.45, 7) is -0.419. The summed E-state index contributed by atoms with van der Waals surface area (Å²) in [6.07, 6.45) is 2.28. The number of methoxy groups -OCH3 is 1. The molecule has 2 aromatic rings. The lowest BCUT2D eigenvalue weighted by molar-refractivity contribution is -0.0512. The van der Waals surface area contributed by atoms with E-state index in [9.17, 15) is 8.78 Å². The Bertz CT molecular complexity index is 732. The number of nitrogens with one attached hydrogen (secondary N) is 1. The van der Waals surface area contributed by atoms with E-state index in [1.165, 1.54) is 13.2 Å². The van der Waals surface area contributed by atoms with Crippen molar-refractivity contribution in [3.05, 3.63) is 24.1 Å². The lowest BCUT2D eigenvalue weighted by Gasteiger charge is -2.31. The van der Waals surface area contributed by atoms with Gasteiger partial charge in [0.15, 0.2) is 11.5 Å². The van der Waals surface area contributed by atoms with Crippen LogP contribution in [0, 0.1) is 0 Å². The van der Waals surface area contributed by atoms with Gasteiger partial charge in [-0.05, 0) is 44.6 Å². The van der Waals surface area contributed by atoms with Crippen LogP contribution in [-0.2, 0) is 6.54 Å². The number of halogens is 3. The molecule has 150 valence electrons. The molecule has 1 N–H and O–H groups in total. The molecule has 2 heterocycles. The molecule has 7 nitrogen and oxygen atoms in total. The number of ether oxygens (including phenoxy) is 2. The second kappa shape index (κ2) is 9.82. The fraction of sp³-hybridized carbons (Fsp3) is 0.529. The van der Waals surface area contributed by atoms with Crippen molar-refractivity contribution in [3.63, 3.8) is 0 Å². The molecule has 0 aliphatic carbocycles. The summed E-state index contributed by atoms with van der Waals surface area (Å²) in [6, 6.07) is 5.01. The van der Waals surface area contributed by atoms with Crippen LogP contribution in [0.2, 0.25) is 0 Å². The highest BCUT2D eigenvalue weighted by atomic mass is 35.5. The van der Waals surface area contributed by atoms with Gasteiger partial charge < -0.3 is 19.3 Å². The highest BCUT2D eigenvalue weighted by Gasteiger charge is 2.21. The molecule has 1 aliphatic heterocycles. The summed E-state index contributed by atoms with van der Waals surface area (Å²) in [5.41, 5.74) is 0.602. The smallest absolute Gasteiger partial charge is 0.387 e. The van der Waals surface area contributed by atoms with Gasteiger partial charge in [0.2, 0.25) is 11.7 Å². The third kappa shape index (κ3) is 5.50. The van der Waals surface area contributed by atoms with Gasteiger partial charge in [0, 0.05) is 18.2 Å². The number of benzene rings is 1. The standard InChI is InChI=1S/C17H22F2N4O3.ClH/c1-20-12-4-3-7-23(9-12)10-15-21-16(22-26-15)11-5-6-13(25-17(18)19)14(8-11)24-2;/h5-6,8,12,17,20H,3-4,7,9-10H2,1-2H3;1H. The highest BCUT2D eigenvalue weighted by Crippen LogP contribution is 2.32. The number of alkyl halides is 2. The van der Waals surface area contributed by atoms with E-state index in [0.717, 1.165) is 25.9 Å². The van der Waals surface area contributed by atoms with Crippen LogP contribution < -0.4 is 14.8 Å². The van der Waals surface area contributed by atoms with Crippen LogP contribution in [0.25, 0.3) is 11.4 Å². The average Bonchev–Trinajstić information content (AvgIpc) is 3.10. The first-order chi connectivity index (χ1) is 12.6. The van der Waals surface area contributed by atoms with Crippen LogP contribution in [-0.4, -0.2) is 54.9 Å². The van der Waals surface area contributed by atoms with Crippen molar-refractivity contribution >= 4 is 12.4 Å². The van der Waals surface area contributed by atoms with Crippen LogP contribution in [0.15, 0.2) is 22.7 Å². The Morgan fingerprint density at radius 3 is 2.89 bits per heavy atom. The molecule has 0 bridgehead atoms. The second-order valence-electron chi connectivity index (χ2n) is 6.12. The monoisotopic (exact) mass is 404 g/mol. The second-order valence-corrected chi connectivity index (χ2v) is 6.12. The van der Waals surface area contributed by atoms with Crippen molar-refractivity contribution in [1.82, 2.24) is 20.4 Å². The highest BCUT2D eigenvalue weighted by molar-refractivity contribution is 5.85. The number of likely N-dealkylation sites (N-methyl/N-ethyl adjacent to an activating group) is 1. The fourth-order valence-electron chi connectivity index (χ4n) is 3.06. The molecule has 0 spiro atoms. The van der Waals surface area contributed by atoms with Crippen molar-refractivity contribution in [2.75, 3.05) is 27.2 Å². The molecule has 0 amide bonds. The summed E-state index contributed by atoms with van der Waals surface area (Å²) in [5, 5.41) is 7.28. The molecule has 1 unspecified atom stereocenters. The van der Waals surface area contributed by atoms with Crippen LogP contribution in [0.3, 0.4) is 0 Å². The van der Waals surface area contributed by atoms with E-state index in [0.29, 0.717) is 29.9 Å². The molecule has 1 fully saturated rings. The third-order valence-electron chi connectivity index (χ3n) is 4.38. The summed E-state index contributed by atoms with van der Waals surface area (Å²) in [5.74, 6) is 1.04. The Hall–Kier alpha value is -1.97. The van der Waals surface area contributed by atoms with Gasteiger partial charge in [-0.15, -0.1) is 12.4 Å². The summed E-state index contributed by atoms with van der Waals surface area (Å²) < 4.78 is 39.7. The summed E-state index contributed by atoms with van der Waals surface area (Å²) in [7, 11) is 3.35. The predicted molar refractivity (Wildman–Crippen MR) is 97.5 cm³/mol. The van der Waals surface area contributed by atoms with Gasteiger partial charge in [0.25, 0.3) is 0 Å². The molecule has 1 saturated heterocycles. The SMILES string of the molecule is CNC1CCCN(Cc2nc(-c3ccc(OC(F)F)c(OC)c3)no2)C1.Cl. The first kappa shape index (κ1) is 21.3. The first-order valence-corrected chi connectivity index (χ1v) is 8.44. The lowest BCUT2D eigenvalue weighted by Crippen LogP contribution is -2.43. The van der Waals surface area contributed by atoms with Crippen molar-refractivity contribution < 1.29 is 22.8 Å². The summed E-state index contributed by atoms with van der Waals surface area (Å²) >= 11 is 0. The van der Waals surface area contributed by atoms with Gasteiger partial charge in [-0.1, -0.05) is 5.16 Å². The quantitative estimate of drug-likeness (QED) is 0.760. The van der Waals surface area contributed by atoms with Gasteiger partial charge in [-0.25, -0.2) is 0 Å². The largest absolute Gasteiger partial charge is 0.493 e. The normalized spacial score (nSPS) is 17.6. The minimum Gasteiger partial charge on any atom is -0.493 e. The van der Waals surface area contributed by atoms with Crippen molar-refractivity contribution in [2.45, 2.75) is 32.0 Å². The molecule has 0 saturated carbocycles. The Morgan fingerprint density at radius 2 is 2.19 bits per heavy atom. The minimum atomic E-state index is -2.92. The van der Waals surface area contributed by atoms with E-state index < -0.39 is 6.61 Å². The van der Waals surface area contributed by atoms with E-state index in [1.807, 2.05) is 7.05 Å². The number of aromatic nitrogens is 2. The van der Waals surface area contributed by atoms with Crippen molar-refractivity contribution in [3.8, 4) is 22.9 Å². The summed E-state index contributed by atoms with van der Waals surface area (Å²) in [4.78, 5) is 6.67. The van der Waals surface area contributed by atoms with Gasteiger partial charge in [0.05, 0.1) is 13.7 Å². The van der Waals surface area contributed by atoms with E-state index in [2.05, 4.69) is 25.1 Å². The van der Waals surface area contributed by atoms with Crippen LogP contribution in [0.5, 0.6) is 11.5 Å². The van der Waals surface area contributed by atoms with Gasteiger partial charge >= 0.3 is 6.61 Å². The Balaban J connectivity index is 0.00000261. The maximum atomic E-state index is 12.4. The Labute approximate surface area is 162 Å². The zero-order valence-electron chi connectivity index (χ0n) is 15.2. The Morgan fingerprint density at radius 1 is 1.37 bits per heavy atom. The molecule has 0 radical (unpaired) electrons. The minimum absolute atomic E-state index is 0. The maximum absolute atomic E-state index is 12.4. The van der Waals surface area contributed by atoms with Gasteiger partial charge in [0.1, 0.15) is 0 Å². The van der Waals surface area contributed by atoms with E-state index in [4.69, 9.17) is 9.26 Å². The van der Waals surface area contributed by atoms with E-state index in [-0.39, 0.29) is 23.9 Å². The molecule has 10 heteroatoms. The predicted octanol–water partition coefficient (Wildman–Crippen LogP) is 2.95. The van der Waals surface area contributed by atoms with Crippen LogP contribution in [0.4, 0.5) is 8.78 Å². The molecular weight excluding hydrogens is 382 g/mol. The first-order valence-electron chi connectivity index (χ1n) is 8.44. The fourth-order valence-corrected chi connectivity index (χ4v) is 3.06. The van der Waals surface area contributed by atoms with Crippen LogP contribution >= 0.6 is 12.4 Å². The molecule has 27 heavy (non-hydrogen) atoms. The molecule has 1 atom stereocenters. The van der Waals surface area contributed by atoms with Crippen LogP contribution in [0.1, 0.15) is 18.7 Å². The zero-order chi connectivity index (χ0) is 18.5. The number of nitrogens with zero attached hydrogens (tertiary/aromatic N) is 3. The van der Waals surface area contributed by atoms with E-state index in [1.54, 1.807) is 12.1 Å². The topological polar surface area (TPSA) is 72.7 Å². The third-order valence-corrected chi connectivity index (χ3v) is 4.38. The molecule has 1 aromatic carbocycles. The van der Waals surface area contributed by atoms with Gasteiger partial charge in [-0.3, -0.25) is 4.90 Å². The lowest BCUT2D eigenvalue weighted by atomic mass is 10.1. The van der Waals surface area contributed by atoms with Crippen molar-refractivity contribution in [2.24, 2.45) is 0 Å². The molecule has 1 aliphatic rings.